The fourth-order valence-corrected chi connectivity index (χ4v) is 5.99. The fraction of sp³-hybridized carbons (Fsp3) is 0.704. The first-order chi connectivity index (χ1) is 16.3. The van der Waals surface area contributed by atoms with Gasteiger partial charge in [-0.05, 0) is 81.5 Å². The van der Waals surface area contributed by atoms with Gasteiger partial charge in [-0.15, -0.1) is 0 Å². The second-order valence-corrected chi connectivity index (χ2v) is 10.8. The van der Waals surface area contributed by atoms with Crippen LogP contribution in [-0.2, 0) is 16.1 Å². The van der Waals surface area contributed by atoms with Crippen LogP contribution in [0.2, 0.25) is 0 Å². The molecular formula is C27H40FN3O3. The average Bonchev–Trinajstić information content (AvgIpc) is 3.33. The predicted octanol–water partition coefficient (Wildman–Crippen LogP) is 4.24. The number of rotatable bonds is 6. The van der Waals surface area contributed by atoms with Gasteiger partial charge in [0.15, 0.2) is 0 Å². The number of aliphatic hydroxyl groups is 1. The molecule has 188 valence electrons. The van der Waals surface area contributed by atoms with Crippen LogP contribution in [0.3, 0.4) is 0 Å². The van der Waals surface area contributed by atoms with Crippen molar-refractivity contribution in [3.05, 3.63) is 29.1 Å². The second kappa shape index (κ2) is 11.2. The maximum Gasteiger partial charge on any atom is 0.226 e. The summed E-state index contributed by atoms with van der Waals surface area (Å²) in [5.41, 5.74) is 2.31. The van der Waals surface area contributed by atoms with Crippen LogP contribution in [0.1, 0.15) is 75.8 Å². The minimum Gasteiger partial charge on any atom is -0.393 e. The van der Waals surface area contributed by atoms with Crippen LogP contribution in [0.5, 0.6) is 0 Å². The van der Waals surface area contributed by atoms with Crippen LogP contribution in [0.4, 0.5) is 10.1 Å². The quantitative estimate of drug-likeness (QED) is 0.648. The lowest BCUT2D eigenvalue weighted by molar-refractivity contribution is -0.140. The minimum absolute atomic E-state index is 0.0892. The number of nitrogens with zero attached hydrogens (tertiary/aromatic N) is 2. The highest BCUT2D eigenvalue weighted by Crippen LogP contribution is 2.30. The van der Waals surface area contributed by atoms with Gasteiger partial charge in [-0.2, -0.15) is 0 Å². The molecule has 2 N–H and O–H groups in total. The molecule has 1 saturated heterocycles. The predicted molar refractivity (Wildman–Crippen MR) is 131 cm³/mol. The molecule has 1 aromatic carbocycles. The molecule has 4 rings (SSSR count). The maximum atomic E-state index is 14.5. The van der Waals surface area contributed by atoms with Crippen molar-refractivity contribution in [2.45, 2.75) is 90.3 Å². The van der Waals surface area contributed by atoms with Crippen molar-refractivity contribution in [1.82, 2.24) is 9.80 Å². The molecule has 0 spiro atoms. The van der Waals surface area contributed by atoms with Gasteiger partial charge in [0.25, 0.3) is 0 Å². The van der Waals surface area contributed by atoms with Crippen LogP contribution >= 0.6 is 0 Å². The van der Waals surface area contributed by atoms with Crippen molar-refractivity contribution in [3.8, 4) is 0 Å². The first-order valence-electron chi connectivity index (χ1n) is 13.1. The molecule has 7 heteroatoms. The van der Waals surface area contributed by atoms with Crippen molar-refractivity contribution in [2.75, 3.05) is 25.0 Å². The zero-order valence-corrected chi connectivity index (χ0v) is 20.7. The number of aliphatic hydroxyl groups excluding tert-OH is 1. The largest absolute Gasteiger partial charge is 0.393 e. The number of nitrogens with one attached hydrogen (secondary N) is 1. The molecule has 3 fully saturated rings. The molecule has 0 bridgehead atoms. The van der Waals surface area contributed by atoms with Gasteiger partial charge >= 0.3 is 0 Å². The standard InChI is InChI=1S/C27H40FN3O3/c1-18-16-30(11-12-31(18)27(34)21-5-3-4-6-21)17-22-14-23(28)15-25(19(22)2)29-26(33)13-20-7-9-24(32)10-8-20/h14-15,18,20-21,24,32H,3-13,16-17H2,1-2H3,(H,29,33)/t18-,20?,24?/m0/s1. The normalized spacial score (nSPS) is 26.6. The van der Waals surface area contributed by atoms with Gasteiger partial charge in [0.2, 0.25) is 11.8 Å². The molecule has 1 aromatic rings. The van der Waals surface area contributed by atoms with E-state index in [1.165, 1.54) is 6.07 Å². The van der Waals surface area contributed by atoms with Crippen LogP contribution in [0.25, 0.3) is 0 Å². The summed E-state index contributed by atoms with van der Waals surface area (Å²) >= 11 is 0. The Balaban J connectivity index is 1.34. The molecule has 1 atom stereocenters. The number of carbonyl (C=O) groups is 2. The monoisotopic (exact) mass is 473 g/mol. The van der Waals surface area contributed by atoms with Crippen molar-refractivity contribution < 1.29 is 19.1 Å². The molecule has 1 aliphatic heterocycles. The number of amides is 2. The van der Waals surface area contributed by atoms with E-state index in [-0.39, 0.29) is 35.7 Å². The lowest BCUT2D eigenvalue weighted by atomic mass is 9.85. The van der Waals surface area contributed by atoms with Crippen LogP contribution < -0.4 is 5.32 Å². The number of hydrogen-bond donors (Lipinski definition) is 2. The van der Waals surface area contributed by atoms with Crippen LogP contribution in [-0.4, -0.2) is 58.5 Å². The summed E-state index contributed by atoms with van der Waals surface area (Å²) in [6, 6.07) is 3.11. The summed E-state index contributed by atoms with van der Waals surface area (Å²) in [5.74, 6) is 0.350. The average molecular weight is 474 g/mol. The molecule has 0 unspecified atom stereocenters. The van der Waals surface area contributed by atoms with Crippen LogP contribution in [0, 0.1) is 24.6 Å². The molecule has 2 amide bonds. The van der Waals surface area contributed by atoms with E-state index >= 15 is 0 Å². The molecule has 2 aliphatic carbocycles. The zero-order chi connectivity index (χ0) is 24.2. The number of hydrogen-bond acceptors (Lipinski definition) is 4. The Bertz CT molecular complexity index is 878. The highest BCUT2D eigenvalue weighted by molar-refractivity contribution is 5.91. The summed E-state index contributed by atoms with van der Waals surface area (Å²) in [7, 11) is 0. The summed E-state index contributed by atoms with van der Waals surface area (Å²) in [6.45, 7) is 6.89. The summed E-state index contributed by atoms with van der Waals surface area (Å²) in [6.07, 6.45) is 7.74. The van der Waals surface area contributed by atoms with E-state index in [0.717, 1.165) is 75.6 Å². The summed E-state index contributed by atoms with van der Waals surface area (Å²) in [5, 5.41) is 12.6. The summed E-state index contributed by atoms with van der Waals surface area (Å²) in [4.78, 5) is 29.8. The number of halogens is 1. The third kappa shape index (κ3) is 6.16. The third-order valence-electron chi connectivity index (χ3n) is 8.14. The SMILES string of the molecule is Cc1c(CN2CCN(C(=O)C3CCCC3)[C@@H](C)C2)cc(F)cc1NC(=O)CC1CCC(O)CC1. The van der Waals surface area contributed by atoms with Crippen LogP contribution in [0.15, 0.2) is 12.1 Å². The number of anilines is 1. The van der Waals surface area contributed by atoms with E-state index in [9.17, 15) is 19.1 Å². The van der Waals surface area contributed by atoms with Gasteiger partial charge < -0.3 is 15.3 Å². The molecule has 6 nitrogen and oxygen atoms in total. The first-order valence-corrected chi connectivity index (χ1v) is 13.1. The smallest absolute Gasteiger partial charge is 0.226 e. The second-order valence-electron chi connectivity index (χ2n) is 10.8. The topological polar surface area (TPSA) is 72.9 Å². The van der Waals surface area contributed by atoms with Crippen molar-refractivity contribution in [2.24, 2.45) is 11.8 Å². The molecule has 3 aliphatic rings. The number of carbonyl (C=O) groups excluding carboxylic acids is 2. The van der Waals surface area contributed by atoms with E-state index in [1.54, 1.807) is 6.07 Å². The van der Waals surface area contributed by atoms with Crippen molar-refractivity contribution >= 4 is 17.5 Å². The molecule has 2 saturated carbocycles. The van der Waals surface area contributed by atoms with E-state index in [1.807, 2.05) is 11.8 Å². The third-order valence-corrected chi connectivity index (χ3v) is 8.14. The molecular weight excluding hydrogens is 433 g/mol. The highest BCUT2D eigenvalue weighted by atomic mass is 19.1. The minimum atomic E-state index is -0.347. The molecule has 1 heterocycles. The Morgan fingerprint density at radius 1 is 1.09 bits per heavy atom. The van der Waals surface area contributed by atoms with Gasteiger partial charge in [-0.3, -0.25) is 14.5 Å². The van der Waals surface area contributed by atoms with Crippen molar-refractivity contribution in [3.63, 3.8) is 0 Å². The molecule has 34 heavy (non-hydrogen) atoms. The van der Waals surface area contributed by atoms with Crippen molar-refractivity contribution in [1.29, 1.82) is 0 Å². The number of piperazine rings is 1. The lowest BCUT2D eigenvalue weighted by Crippen LogP contribution is -2.54. The first kappa shape index (κ1) is 25.1. The highest BCUT2D eigenvalue weighted by Gasteiger charge is 2.33. The fourth-order valence-electron chi connectivity index (χ4n) is 5.99. The van der Waals surface area contributed by atoms with E-state index in [2.05, 4.69) is 17.1 Å². The Hall–Kier alpha value is -1.99. The van der Waals surface area contributed by atoms with E-state index < -0.39 is 0 Å². The molecule has 0 aromatic heterocycles. The summed E-state index contributed by atoms with van der Waals surface area (Å²) < 4.78 is 14.5. The van der Waals surface area contributed by atoms with E-state index in [0.29, 0.717) is 31.1 Å². The Kier molecular flexibility index (Phi) is 8.25. The van der Waals surface area contributed by atoms with Gasteiger partial charge in [0.1, 0.15) is 5.82 Å². The Labute approximate surface area is 202 Å². The van der Waals surface area contributed by atoms with Gasteiger partial charge in [-0.25, -0.2) is 4.39 Å². The Morgan fingerprint density at radius 3 is 2.47 bits per heavy atom. The van der Waals surface area contributed by atoms with Gasteiger partial charge in [0, 0.05) is 50.2 Å². The number of benzene rings is 1. The van der Waals surface area contributed by atoms with Gasteiger partial charge in [-0.1, -0.05) is 12.8 Å². The van der Waals surface area contributed by atoms with E-state index in [4.69, 9.17) is 0 Å². The lowest BCUT2D eigenvalue weighted by Gasteiger charge is -2.41. The zero-order valence-electron chi connectivity index (χ0n) is 20.7. The molecule has 0 radical (unpaired) electrons. The maximum absolute atomic E-state index is 14.5. The van der Waals surface area contributed by atoms with Gasteiger partial charge in [0.05, 0.1) is 6.10 Å². The Morgan fingerprint density at radius 2 is 1.79 bits per heavy atom.